The number of thioether (sulfide) groups is 1. The molecule has 176 valence electrons. The Morgan fingerprint density at radius 1 is 1.03 bits per heavy atom. The first-order chi connectivity index (χ1) is 15.7. The molecule has 6 heteroatoms. The van der Waals surface area contributed by atoms with Crippen LogP contribution in [0.15, 0.2) is 78.9 Å². The van der Waals surface area contributed by atoms with Gasteiger partial charge in [0.25, 0.3) is 0 Å². The maximum Gasteiger partial charge on any atom is 0.408 e. The smallest absolute Gasteiger partial charge is 0.408 e. The molecule has 0 aromatic heterocycles. The molecule has 2 aliphatic rings. The molecule has 0 bridgehead atoms. The highest BCUT2D eigenvalue weighted by Crippen LogP contribution is 2.54. The van der Waals surface area contributed by atoms with E-state index in [9.17, 15) is 14.7 Å². The van der Waals surface area contributed by atoms with Crippen LogP contribution in [0.3, 0.4) is 0 Å². The average Bonchev–Trinajstić information content (AvgIpc) is 2.79. The maximum atomic E-state index is 12.3. The van der Waals surface area contributed by atoms with Gasteiger partial charge in [0.15, 0.2) is 0 Å². The fourth-order valence-corrected chi connectivity index (χ4v) is 6.09. The molecule has 0 aliphatic heterocycles. The molecule has 5 nitrogen and oxygen atoms in total. The second-order valence-electron chi connectivity index (χ2n) is 9.32. The monoisotopic (exact) mass is 467 g/mol. The van der Waals surface area contributed by atoms with Gasteiger partial charge < -0.3 is 15.2 Å². The zero-order valence-corrected chi connectivity index (χ0v) is 20.3. The standard InChI is InChI=1S/C27H33NO4S/c1-26(2,3)32-25(31)28-23(24(29)30)19-33-27(20-13-7-4-8-14-20,21-15-9-5-10-16-21)22-17-11-6-12-18-22/h4-15,17,21-23H,16,18-19H2,1-3H3,(H,28,31)(H,29,30). The first-order valence-electron chi connectivity index (χ1n) is 11.3. The largest absolute Gasteiger partial charge is 0.480 e. The van der Waals surface area contributed by atoms with Gasteiger partial charge in [0.05, 0.1) is 4.75 Å². The zero-order valence-electron chi connectivity index (χ0n) is 19.4. The van der Waals surface area contributed by atoms with Crippen LogP contribution in [0.25, 0.3) is 0 Å². The van der Waals surface area contributed by atoms with Crippen molar-refractivity contribution >= 4 is 23.8 Å². The van der Waals surface area contributed by atoms with E-state index in [2.05, 4.69) is 66.1 Å². The lowest BCUT2D eigenvalue weighted by Gasteiger charge is -2.46. The maximum absolute atomic E-state index is 12.3. The molecule has 2 aliphatic carbocycles. The molecule has 0 saturated carbocycles. The summed E-state index contributed by atoms with van der Waals surface area (Å²) in [4.78, 5) is 24.4. The predicted octanol–water partition coefficient (Wildman–Crippen LogP) is 5.86. The van der Waals surface area contributed by atoms with Crippen LogP contribution in [0.1, 0.15) is 39.2 Å². The summed E-state index contributed by atoms with van der Waals surface area (Å²) in [5.74, 6) is -0.515. The topological polar surface area (TPSA) is 75.6 Å². The van der Waals surface area contributed by atoms with Crippen molar-refractivity contribution in [2.24, 2.45) is 11.8 Å². The number of aliphatic carboxylic acids is 1. The molecule has 1 amide bonds. The van der Waals surface area contributed by atoms with Gasteiger partial charge in [-0.15, -0.1) is 11.8 Å². The van der Waals surface area contributed by atoms with E-state index in [1.54, 1.807) is 32.5 Å². The number of hydrogen-bond acceptors (Lipinski definition) is 4. The van der Waals surface area contributed by atoms with E-state index >= 15 is 0 Å². The van der Waals surface area contributed by atoms with Crippen LogP contribution in [-0.2, 0) is 14.3 Å². The number of hydrogen-bond donors (Lipinski definition) is 2. The third kappa shape index (κ3) is 6.41. The second-order valence-corrected chi connectivity index (χ2v) is 10.6. The van der Waals surface area contributed by atoms with Gasteiger partial charge in [-0.2, -0.15) is 0 Å². The molecule has 0 radical (unpaired) electrons. The van der Waals surface area contributed by atoms with Crippen molar-refractivity contribution in [3.8, 4) is 0 Å². The summed E-state index contributed by atoms with van der Waals surface area (Å²) in [5.41, 5.74) is 0.457. The van der Waals surface area contributed by atoms with Crippen molar-refractivity contribution in [2.45, 2.75) is 50.0 Å². The van der Waals surface area contributed by atoms with Crippen molar-refractivity contribution in [1.29, 1.82) is 0 Å². The highest BCUT2D eigenvalue weighted by atomic mass is 32.2. The van der Waals surface area contributed by atoms with Gasteiger partial charge in [-0.3, -0.25) is 0 Å². The number of alkyl carbamates (subject to hydrolysis) is 1. The van der Waals surface area contributed by atoms with E-state index < -0.39 is 28.5 Å². The molecular weight excluding hydrogens is 434 g/mol. The summed E-state index contributed by atoms with van der Waals surface area (Å²) in [6, 6.07) is 9.24. The molecule has 0 fully saturated rings. The molecule has 3 unspecified atom stereocenters. The van der Waals surface area contributed by atoms with Gasteiger partial charge in [0, 0.05) is 5.75 Å². The fourth-order valence-electron chi connectivity index (χ4n) is 4.34. The van der Waals surface area contributed by atoms with Crippen LogP contribution in [0.2, 0.25) is 0 Å². The van der Waals surface area contributed by atoms with Crippen molar-refractivity contribution in [3.05, 3.63) is 84.5 Å². The highest BCUT2D eigenvalue weighted by Gasteiger charge is 2.46. The van der Waals surface area contributed by atoms with E-state index in [4.69, 9.17) is 4.74 Å². The summed E-state index contributed by atoms with van der Waals surface area (Å²) in [6.07, 6.45) is 18.0. The number of allylic oxidation sites excluding steroid dienone is 8. The van der Waals surface area contributed by atoms with Gasteiger partial charge >= 0.3 is 12.1 Å². The van der Waals surface area contributed by atoms with Gasteiger partial charge in [0.1, 0.15) is 11.6 Å². The SMILES string of the molecule is CC(C)(C)OC(=O)NC(CSC(c1ccccc1)(C1C=CC=CC1)C1C=CC=CC1)C(=O)O. The fraction of sp³-hybridized carbons (Fsp3) is 0.407. The number of carboxylic acids is 1. The summed E-state index contributed by atoms with van der Waals surface area (Å²) >= 11 is 1.61. The molecule has 33 heavy (non-hydrogen) atoms. The Morgan fingerprint density at radius 3 is 2.06 bits per heavy atom. The third-order valence-electron chi connectivity index (χ3n) is 5.77. The van der Waals surface area contributed by atoms with E-state index in [-0.39, 0.29) is 17.6 Å². The van der Waals surface area contributed by atoms with Gasteiger partial charge in [0.2, 0.25) is 0 Å². The quantitative estimate of drug-likeness (QED) is 0.501. The number of benzene rings is 1. The molecule has 0 spiro atoms. The average molecular weight is 468 g/mol. The van der Waals surface area contributed by atoms with Crippen molar-refractivity contribution in [1.82, 2.24) is 5.32 Å². The van der Waals surface area contributed by atoms with Crippen molar-refractivity contribution in [2.75, 3.05) is 5.75 Å². The lowest BCUT2D eigenvalue weighted by atomic mass is 9.71. The molecule has 0 heterocycles. The number of carbonyl (C=O) groups is 2. The number of carbonyl (C=O) groups excluding carboxylic acids is 1. The van der Waals surface area contributed by atoms with Crippen LogP contribution < -0.4 is 5.32 Å². The molecule has 1 aromatic rings. The predicted molar refractivity (Wildman–Crippen MR) is 134 cm³/mol. The zero-order chi connectivity index (χ0) is 23.9. The number of amides is 1. The van der Waals surface area contributed by atoms with E-state index in [0.717, 1.165) is 18.4 Å². The Morgan fingerprint density at radius 2 is 1.61 bits per heavy atom. The summed E-state index contributed by atoms with van der Waals surface area (Å²) in [7, 11) is 0. The third-order valence-corrected chi connectivity index (χ3v) is 7.58. The Bertz CT molecular complexity index is 913. The first-order valence-corrected chi connectivity index (χ1v) is 12.3. The van der Waals surface area contributed by atoms with Gasteiger partial charge in [-0.05, 0) is 51.0 Å². The van der Waals surface area contributed by atoms with Crippen LogP contribution in [-0.4, -0.2) is 34.6 Å². The summed E-state index contributed by atoms with van der Waals surface area (Å²) in [5, 5.41) is 12.4. The first kappa shape index (κ1) is 24.9. The van der Waals surface area contributed by atoms with Gasteiger partial charge in [-0.25, -0.2) is 9.59 Å². The number of rotatable bonds is 8. The highest BCUT2D eigenvalue weighted by molar-refractivity contribution is 8.00. The molecular formula is C27H33NO4S. The van der Waals surface area contributed by atoms with Crippen LogP contribution in [0.5, 0.6) is 0 Å². The summed E-state index contributed by atoms with van der Waals surface area (Å²) < 4.78 is 4.91. The van der Waals surface area contributed by atoms with E-state index in [1.807, 2.05) is 18.2 Å². The molecule has 2 N–H and O–H groups in total. The molecule has 3 atom stereocenters. The van der Waals surface area contributed by atoms with E-state index in [1.165, 1.54) is 0 Å². The lowest BCUT2D eigenvalue weighted by Crippen LogP contribution is -2.47. The summed E-state index contributed by atoms with van der Waals surface area (Å²) in [6.45, 7) is 5.26. The molecule has 3 rings (SSSR count). The normalized spacial score (nSPS) is 22.4. The van der Waals surface area contributed by atoms with Crippen LogP contribution in [0.4, 0.5) is 4.79 Å². The van der Waals surface area contributed by atoms with Crippen molar-refractivity contribution < 1.29 is 19.4 Å². The number of carboxylic acid groups (broad SMARTS) is 1. The Labute approximate surface area is 200 Å². The van der Waals surface area contributed by atoms with Crippen molar-refractivity contribution in [3.63, 3.8) is 0 Å². The number of ether oxygens (including phenoxy) is 1. The minimum absolute atomic E-state index is 0.173. The Balaban J connectivity index is 1.94. The van der Waals surface area contributed by atoms with Gasteiger partial charge in [-0.1, -0.05) is 78.9 Å². The Kier molecular flexibility index (Phi) is 8.25. The van der Waals surface area contributed by atoms with Crippen LogP contribution in [0, 0.1) is 11.8 Å². The van der Waals surface area contributed by atoms with E-state index in [0.29, 0.717) is 0 Å². The minimum Gasteiger partial charge on any atom is -0.480 e. The molecule has 0 saturated heterocycles. The van der Waals surface area contributed by atoms with Crippen LogP contribution >= 0.6 is 11.8 Å². The Hall–Kier alpha value is -2.73. The molecule has 1 aromatic carbocycles. The second kappa shape index (κ2) is 10.9. The number of nitrogens with one attached hydrogen (secondary N) is 1. The minimum atomic E-state index is -1.08. The lowest BCUT2D eigenvalue weighted by molar-refractivity contribution is -0.138.